The average Bonchev–Trinajstić information content (AvgIpc) is 2.84. The summed E-state index contributed by atoms with van der Waals surface area (Å²) in [5.74, 6) is -0.494. The number of aryl methyl sites for hydroxylation is 1. The molecule has 0 aliphatic carbocycles. The molecule has 0 radical (unpaired) electrons. The van der Waals surface area contributed by atoms with Gasteiger partial charge in [0.2, 0.25) is 0 Å². The number of rotatable bonds is 1. The Morgan fingerprint density at radius 1 is 1.41 bits per heavy atom. The number of pyridine rings is 1. The first-order chi connectivity index (χ1) is 10.2. The van der Waals surface area contributed by atoms with E-state index in [-0.39, 0.29) is 17.4 Å². The van der Waals surface area contributed by atoms with Crippen molar-refractivity contribution in [2.75, 3.05) is 13.1 Å². The second-order valence-corrected chi connectivity index (χ2v) is 6.64. The Morgan fingerprint density at radius 2 is 2.09 bits per heavy atom. The Labute approximate surface area is 129 Å². The van der Waals surface area contributed by atoms with Gasteiger partial charge in [0.1, 0.15) is 5.60 Å². The Morgan fingerprint density at radius 3 is 2.64 bits per heavy atom. The number of nitriles is 1. The minimum absolute atomic E-state index is 0.120. The highest BCUT2D eigenvalue weighted by Gasteiger charge is 2.38. The highest BCUT2D eigenvalue weighted by atomic mass is 16.6. The van der Waals surface area contributed by atoms with Crippen LogP contribution in [0.15, 0.2) is 23.1 Å². The van der Waals surface area contributed by atoms with Crippen LogP contribution in [0, 0.1) is 17.2 Å². The van der Waals surface area contributed by atoms with Crippen molar-refractivity contribution in [2.24, 2.45) is 13.0 Å². The molecule has 0 spiro atoms. The smallest absolute Gasteiger partial charge is 0.410 e. The molecule has 2 heterocycles. The fraction of sp³-hybridized carbons (Fsp3) is 0.562. The minimum atomic E-state index is -0.569. The van der Waals surface area contributed by atoms with Crippen molar-refractivity contribution in [1.29, 1.82) is 5.26 Å². The van der Waals surface area contributed by atoms with Crippen molar-refractivity contribution in [3.8, 4) is 6.07 Å². The lowest BCUT2D eigenvalue weighted by Crippen LogP contribution is -2.35. The lowest BCUT2D eigenvalue weighted by atomic mass is 9.91. The van der Waals surface area contributed by atoms with Gasteiger partial charge in [-0.1, -0.05) is 0 Å². The molecule has 1 aromatic rings. The number of amides is 1. The summed E-state index contributed by atoms with van der Waals surface area (Å²) in [5, 5.41) is 9.34. The van der Waals surface area contributed by atoms with Gasteiger partial charge in [-0.15, -0.1) is 0 Å². The van der Waals surface area contributed by atoms with Crippen LogP contribution in [0.2, 0.25) is 0 Å². The molecule has 1 amide bonds. The molecular weight excluding hydrogens is 282 g/mol. The molecule has 6 heteroatoms. The van der Waals surface area contributed by atoms with E-state index in [0.29, 0.717) is 13.1 Å². The highest BCUT2D eigenvalue weighted by molar-refractivity contribution is 5.69. The summed E-state index contributed by atoms with van der Waals surface area (Å²) in [6.45, 7) is 6.13. The van der Waals surface area contributed by atoms with Crippen LogP contribution in [-0.2, 0) is 11.8 Å². The second kappa shape index (κ2) is 5.84. The van der Waals surface area contributed by atoms with Gasteiger partial charge in [-0.3, -0.25) is 4.79 Å². The van der Waals surface area contributed by atoms with Gasteiger partial charge in [-0.05, 0) is 32.4 Å². The maximum atomic E-state index is 12.1. The summed E-state index contributed by atoms with van der Waals surface area (Å²) in [4.78, 5) is 25.5. The van der Waals surface area contributed by atoms with Gasteiger partial charge in [0.15, 0.2) is 0 Å². The molecule has 0 N–H and O–H groups in total. The Balaban J connectivity index is 2.20. The molecular formula is C16H21N3O3. The molecule has 2 atom stereocenters. The average molecular weight is 303 g/mol. The Bertz CT molecular complexity index is 666. The number of aromatic nitrogens is 1. The van der Waals surface area contributed by atoms with Gasteiger partial charge in [-0.2, -0.15) is 5.26 Å². The van der Waals surface area contributed by atoms with E-state index < -0.39 is 11.7 Å². The molecule has 118 valence electrons. The van der Waals surface area contributed by atoms with E-state index >= 15 is 0 Å². The van der Waals surface area contributed by atoms with Crippen LogP contribution in [0.25, 0.3) is 0 Å². The first-order valence-corrected chi connectivity index (χ1v) is 7.25. The van der Waals surface area contributed by atoms with E-state index in [9.17, 15) is 14.9 Å². The Kier molecular flexibility index (Phi) is 4.27. The number of hydrogen-bond acceptors (Lipinski definition) is 4. The maximum Gasteiger partial charge on any atom is 0.410 e. The van der Waals surface area contributed by atoms with E-state index in [1.54, 1.807) is 38.9 Å². The van der Waals surface area contributed by atoms with Gasteiger partial charge in [0, 0.05) is 38.3 Å². The first kappa shape index (κ1) is 16.1. The van der Waals surface area contributed by atoms with Crippen LogP contribution >= 0.6 is 0 Å². The minimum Gasteiger partial charge on any atom is -0.444 e. The number of carbonyl (C=O) groups excluding carboxylic acids is 1. The molecule has 0 saturated carbocycles. The number of hydrogen-bond donors (Lipinski definition) is 0. The summed E-state index contributed by atoms with van der Waals surface area (Å²) in [6.07, 6.45) is 1.27. The molecule has 0 bridgehead atoms. The first-order valence-electron chi connectivity index (χ1n) is 7.25. The van der Waals surface area contributed by atoms with Crippen LogP contribution in [0.4, 0.5) is 4.79 Å². The standard InChI is InChI=1S/C16H21N3O3/c1-16(2,3)22-15(21)19-9-12(8-17)13(10-19)11-5-6-18(4)14(20)7-11/h5-7,12-13H,9-10H2,1-4H3/t12-,13+/m1/s1. The SMILES string of the molecule is Cn1ccc([C@@H]2CN(C(=O)OC(C)(C)C)C[C@H]2C#N)cc1=O. The highest BCUT2D eigenvalue weighted by Crippen LogP contribution is 2.32. The largest absolute Gasteiger partial charge is 0.444 e. The van der Waals surface area contributed by atoms with Crippen LogP contribution in [0.1, 0.15) is 32.3 Å². The van der Waals surface area contributed by atoms with Crippen molar-refractivity contribution >= 4 is 6.09 Å². The normalized spacial score (nSPS) is 21.5. The summed E-state index contributed by atoms with van der Waals surface area (Å²) < 4.78 is 6.83. The third-order valence-corrected chi connectivity index (χ3v) is 3.69. The van der Waals surface area contributed by atoms with E-state index in [4.69, 9.17) is 4.74 Å². The maximum absolute atomic E-state index is 12.1. The van der Waals surface area contributed by atoms with Crippen molar-refractivity contribution in [3.05, 3.63) is 34.2 Å². The predicted molar refractivity (Wildman–Crippen MR) is 81.3 cm³/mol. The van der Waals surface area contributed by atoms with Crippen molar-refractivity contribution < 1.29 is 9.53 Å². The molecule has 0 aromatic carbocycles. The molecule has 1 saturated heterocycles. The molecule has 22 heavy (non-hydrogen) atoms. The van der Waals surface area contributed by atoms with Crippen molar-refractivity contribution in [2.45, 2.75) is 32.3 Å². The summed E-state index contributed by atoms with van der Waals surface area (Å²) in [5.41, 5.74) is 0.102. The molecule has 1 aliphatic heterocycles. The Hall–Kier alpha value is -2.29. The van der Waals surface area contributed by atoms with Gasteiger partial charge in [0.25, 0.3) is 5.56 Å². The number of likely N-dealkylation sites (tertiary alicyclic amines) is 1. The van der Waals surface area contributed by atoms with Crippen LogP contribution < -0.4 is 5.56 Å². The van der Waals surface area contributed by atoms with E-state index in [1.807, 2.05) is 6.07 Å². The van der Waals surface area contributed by atoms with Crippen LogP contribution in [0.5, 0.6) is 0 Å². The molecule has 1 aliphatic rings. The van der Waals surface area contributed by atoms with Crippen molar-refractivity contribution in [3.63, 3.8) is 0 Å². The van der Waals surface area contributed by atoms with Crippen LogP contribution in [-0.4, -0.2) is 34.3 Å². The van der Waals surface area contributed by atoms with Crippen molar-refractivity contribution in [1.82, 2.24) is 9.47 Å². The predicted octanol–water partition coefficient (Wildman–Crippen LogP) is 1.86. The summed E-state index contributed by atoms with van der Waals surface area (Å²) in [7, 11) is 1.68. The summed E-state index contributed by atoms with van der Waals surface area (Å²) in [6, 6.07) is 5.60. The van der Waals surface area contributed by atoms with E-state index in [2.05, 4.69) is 6.07 Å². The number of nitrogens with zero attached hydrogens (tertiary/aromatic N) is 3. The van der Waals surface area contributed by atoms with E-state index in [0.717, 1.165) is 5.56 Å². The van der Waals surface area contributed by atoms with Gasteiger partial charge in [-0.25, -0.2) is 4.79 Å². The van der Waals surface area contributed by atoms with Gasteiger partial charge < -0.3 is 14.2 Å². The van der Waals surface area contributed by atoms with E-state index in [1.165, 1.54) is 10.6 Å². The number of carbonyl (C=O) groups is 1. The topological polar surface area (TPSA) is 75.3 Å². The van der Waals surface area contributed by atoms with Gasteiger partial charge >= 0.3 is 6.09 Å². The monoisotopic (exact) mass is 303 g/mol. The molecule has 2 rings (SSSR count). The molecule has 1 fully saturated rings. The zero-order valence-electron chi connectivity index (χ0n) is 13.4. The fourth-order valence-electron chi connectivity index (χ4n) is 2.54. The van der Waals surface area contributed by atoms with Gasteiger partial charge in [0.05, 0.1) is 12.0 Å². The third kappa shape index (κ3) is 3.48. The molecule has 0 unspecified atom stereocenters. The zero-order chi connectivity index (χ0) is 16.5. The third-order valence-electron chi connectivity index (χ3n) is 3.69. The second-order valence-electron chi connectivity index (χ2n) is 6.64. The van der Waals surface area contributed by atoms with Crippen LogP contribution in [0.3, 0.4) is 0 Å². The lowest BCUT2D eigenvalue weighted by Gasteiger charge is -2.24. The zero-order valence-corrected chi connectivity index (χ0v) is 13.4. The molecule has 1 aromatic heterocycles. The quantitative estimate of drug-likeness (QED) is 0.793. The molecule has 6 nitrogen and oxygen atoms in total. The number of ether oxygens (including phenoxy) is 1. The fourth-order valence-corrected chi connectivity index (χ4v) is 2.54. The summed E-state index contributed by atoms with van der Waals surface area (Å²) >= 11 is 0. The lowest BCUT2D eigenvalue weighted by molar-refractivity contribution is 0.0289.